The Morgan fingerprint density at radius 2 is 1.85 bits per heavy atom. The molecule has 130 valence electrons. The van der Waals surface area contributed by atoms with Crippen molar-refractivity contribution >= 4 is 65.6 Å². The molecule has 5 rings (SSSR count). The van der Waals surface area contributed by atoms with E-state index < -0.39 is 0 Å². The summed E-state index contributed by atoms with van der Waals surface area (Å²) >= 11 is 9.14. The van der Waals surface area contributed by atoms with E-state index in [1.807, 2.05) is 36.4 Å². The average Bonchev–Trinajstić information content (AvgIpc) is 3.20. The number of amides is 1. The Morgan fingerprint density at radius 3 is 2.65 bits per heavy atom. The minimum atomic E-state index is -0.257. The van der Waals surface area contributed by atoms with E-state index >= 15 is 0 Å². The third-order valence-electron chi connectivity index (χ3n) is 4.01. The number of halogens is 1. The lowest BCUT2D eigenvalue weighted by Gasteiger charge is -2.17. The first-order valence-electron chi connectivity index (χ1n) is 7.87. The van der Waals surface area contributed by atoms with Crippen molar-refractivity contribution in [2.75, 3.05) is 18.5 Å². The number of benzene rings is 2. The highest BCUT2D eigenvalue weighted by atomic mass is 35.5. The zero-order valence-electron chi connectivity index (χ0n) is 13.2. The Kier molecular flexibility index (Phi) is 3.74. The van der Waals surface area contributed by atoms with Crippen LogP contribution in [0.2, 0.25) is 5.02 Å². The largest absolute Gasteiger partial charge is 0.486 e. The number of rotatable bonds is 2. The van der Waals surface area contributed by atoms with Crippen LogP contribution in [0.15, 0.2) is 36.4 Å². The number of thiazole rings is 1. The maximum Gasteiger partial charge on any atom is 0.269 e. The lowest BCUT2D eigenvalue weighted by Crippen LogP contribution is -2.15. The summed E-state index contributed by atoms with van der Waals surface area (Å²) in [5.74, 6) is 1.13. The number of carbonyl (C=O) groups is 1. The van der Waals surface area contributed by atoms with E-state index in [1.165, 1.54) is 22.7 Å². The molecule has 3 heterocycles. The molecule has 1 aliphatic rings. The summed E-state index contributed by atoms with van der Waals surface area (Å²) in [4.78, 5) is 17.6. The van der Waals surface area contributed by atoms with Crippen molar-refractivity contribution < 1.29 is 14.3 Å². The molecule has 0 saturated heterocycles. The molecular formula is C18H11ClN2O3S2. The van der Waals surface area contributed by atoms with Crippen LogP contribution in [0.4, 0.5) is 5.13 Å². The van der Waals surface area contributed by atoms with Crippen LogP contribution in [0.3, 0.4) is 0 Å². The van der Waals surface area contributed by atoms with Gasteiger partial charge in [0.15, 0.2) is 16.6 Å². The number of carbonyl (C=O) groups excluding carboxylic acids is 1. The topological polar surface area (TPSA) is 60.5 Å². The molecule has 0 atom stereocenters. The molecule has 0 unspecified atom stereocenters. The number of fused-ring (bicyclic) bond motifs is 3. The Morgan fingerprint density at radius 1 is 1.08 bits per heavy atom. The number of ether oxygens (including phenoxy) is 2. The molecule has 2 aromatic carbocycles. The molecule has 0 fully saturated rings. The molecule has 2 aromatic heterocycles. The normalized spacial score (nSPS) is 13.3. The summed E-state index contributed by atoms with van der Waals surface area (Å²) in [5.41, 5.74) is 0.761. The van der Waals surface area contributed by atoms with Crippen molar-refractivity contribution in [1.29, 1.82) is 0 Å². The van der Waals surface area contributed by atoms with Crippen LogP contribution in [0.1, 0.15) is 9.67 Å². The summed E-state index contributed by atoms with van der Waals surface area (Å²) in [6, 6.07) is 11.4. The number of nitrogens with one attached hydrogen (secondary N) is 1. The summed E-state index contributed by atoms with van der Waals surface area (Å²) in [5, 5.41) is 4.73. The molecule has 1 aliphatic heterocycles. The fourth-order valence-electron chi connectivity index (χ4n) is 2.83. The molecule has 0 bridgehead atoms. The van der Waals surface area contributed by atoms with E-state index in [-0.39, 0.29) is 5.91 Å². The predicted octanol–water partition coefficient (Wildman–Crippen LogP) is 5.19. The minimum Gasteiger partial charge on any atom is -0.486 e. The molecule has 1 N–H and O–H groups in total. The van der Waals surface area contributed by atoms with Gasteiger partial charge in [-0.2, -0.15) is 0 Å². The van der Waals surface area contributed by atoms with Crippen LogP contribution >= 0.6 is 34.3 Å². The average molecular weight is 403 g/mol. The molecule has 8 heteroatoms. The van der Waals surface area contributed by atoms with Gasteiger partial charge in [0.2, 0.25) is 0 Å². The molecule has 0 radical (unpaired) electrons. The first-order valence-corrected chi connectivity index (χ1v) is 9.89. The van der Waals surface area contributed by atoms with Crippen molar-refractivity contribution in [1.82, 2.24) is 4.98 Å². The molecule has 5 nitrogen and oxygen atoms in total. The van der Waals surface area contributed by atoms with E-state index in [4.69, 9.17) is 21.1 Å². The first kappa shape index (κ1) is 15.9. The second kappa shape index (κ2) is 6.12. The van der Waals surface area contributed by atoms with Gasteiger partial charge in [-0.15, -0.1) is 11.3 Å². The monoisotopic (exact) mass is 402 g/mol. The van der Waals surface area contributed by atoms with Crippen LogP contribution < -0.4 is 14.8 Å². The highest BCUT2D eigenvalue weighted by molar-refractivity contribution is 7.23. The molecule has 0 spiro atoms. The van der Waals surface area contributed by atoms with Gasteiger partial charge in [0.05, 0.1) is 15.2 Å². The first-order chi connectivity index (χ1) is 12.7. The highest BCUT2D eigenvalue weighted by Crippen LogP contribution is 2.39. The van der Waals surface area contributed by atoms with Crippen molar-refractivity contribution in [2.45, 2.75) is 0 Å². The standard InChI is InChI=1S/C18H11ClN2O3S2/c19-15-9-3-1-2-4-13(9)25-16(15)17(22)21-18-20-10-7-11-12(8-14(10)26-18)24-6-5-23-11/h1-4,7-8H,5-6H2,(H,20,21,22). The van der Waals surface area contributed by atoms with Crippen LogP contribution in [-0.2, 0) is 0 Å². The number of aromatic nitrogens is 1. The second-order valence-electron chi connectivity index (χ2n) is 5.68. The van der Waals surface area contributed by atoms with Gasteiger partial charge in [0.1, 0.15) is 18.1 Å². The fraction of sp³-hybridized carbons (Fsp3) is 0.111. The molecular weight excluding hydrogens is 392 g/mol. The van der Waals surface area contributed by atoms with Gasteiger partial charge in [0, 0.05) is 22.2 Å². The van der Waals surface area contributed by atoms with Gasteiger partial charge in [0.25, 0.3) is 5.91 Å². The Hall–Kier alpha value is -2.35. The highest BCUT2D eigenvalue weighted by Gasteiger charge is 2.19. The van der Waals surface area contributed by atoms with E-state index in [1.54, 1.807) is 0 Å². The number of hydrogen-bond donors (Lipinski definition) is 1. The van der Waals surface area contributed by atoms with Crippen molar-refractivity contribution in [2.24, 2.45) is 0 Å². The zero-order valence-corrected chi connectivity index (χ0v) is 15.6. The fourth-order valence-corrected chi connectivity index (χ4v) is 5.12. The number of nitrogens with zero attached hydrogens (tertiary/aromatic N) is 1. The SMILES string of the molecule is O=C(Nc1nc2cc3c(cc2s1)OCCO3)c1sc2ccccc2c1Cl. The second-order valence-corrected chi connectivity index (χ2v) is 8.14. The van der Waals surface area contributed by atoms with E-state index in [0.29, 0.717) is 39.7 Å². The molecule has 26 heavy (non-hydrogen) atoms. The predicted molar refractivity (Wildman–Crippen MR) is 105 cm³/mol. The van der Waals surface area contributed by atoms with Gasteiger partial charge < -0.3 is 9.47 Å². The summed E-state index contributed by atoms with van der Waals surface area (Å²) < 4.78 is 13.1. The van der Waals surface area contributed by atoms with E-state index in [0.717, 1.165) is 20.3 Å². The van der Waals surface area contributed by atoms with Crippen molar-refractivity contribution in [3.05, 3.63) is 46.3 Å². The van der Waals surface area contributed by atoms with E-state index in [9.17, 15) is 4.79 Å². The van der Waals surface area contributed by atoms with Gasteiger partial charge >= 0.3 is 0 Å². The smallest absolute Gasteiger partial charge is 0.269 e. The van der Waals surface area contributed by atoms with Crippen LogP contribution in [0.5, 0.6) is 11.5 Å². The van der Waals surface area contributed by atoms with Crippen LogP contribution in [0, 0.1) is 0 Å². The van der Waals surface area contributed by atoms with Crippen molar-refractivity contribution in [3.63, 3.8) is 0 Å². The third kappa shape index (κ3) is 2.59. The van der Waals surface area contributed by atoms with Crippen molar-refractivity contribution in [3.8, 4) is 11.5 Å². The molecule has 1 amide bonds. The lowest BCUT2D eigenvalue weighted by atomic mass is 10.2. The number of thiophene rings is 1. The summed E-state index contributed by atoms with van der Waals surface area (Å²) in [6.45, 7) is 1.06. The van der Waals surface area contributed by atoms with Gasteiger partial charge in [-0.3, -0.25) is 10.1 Å². The van der Waals surface area contributed by atoms with Gasteiger partial charge in [-0.25, -0.2) is 4.98 Å². The Labute approximate surface area is 161 Å². The third-order valence-corrected chi connectivity index (χ3v) is 6.62. The van der Waals surface area contributed by atoms with Gasteiger partial charge in [-0.1, -0.05) is 41.1 Å². The quantitative estimate of drug-likeness (QED) is 0.501. The maximum absolute atomic E-state index is 12.7. The number of hydrogen-bond acceptors (Lipinski definition) is 6. The Balaban J connectivity index is 1.48. The van der Waals surface area contributed by atoms with Crippen LogP contribution in [0.25, 0.3) is 20.3 Å². The van der Waals surface area contributed by atoms with E-state index in [2.05, 4.69) is 10.3 Å². The number of anilines is 1. The lowest BCUT2D eigenvalue weighted by molar-refractivity contribution is 0.103. The summed E-state index contributed by atoms with van der Waals surface area (Å²) in [6.07, 6.45) is 0. The molecule has 4 aromatic rings. The molecule has 0 saturated carbocycles. The zero-order chi connectivity index (χ0) is 17.7. The van der Waals surface area contributed by atoms with Crippen LogP contribution in [-0.4, -0.2) is 24.1 Å². The minimum absolute atomic E-state index is 0.257. The molecule has 0 aliphatic carbocycles. The summed E-state index contributed by atoms with van der Waals surface area (Å²) in [7, 11) is 0. The maximum atomic E-state index is 12.7. The van der Waals surface area contributed by atoms with Gasteiger partial charge in [-0.05, 0) is 6.07 Å². The Bertz CT molecular complexity index is 1130.